The Hall–Kier alpha value is -2.59. The molecule has 3 aromatic rings. The van der Waals surface area contributed by atoms with Crippen molar-refractivity contribution in [1.29, 1.82) is 0 Å². The Labute approximate surface area is 144 Å². The molecule has 0 fully saturated rings. The third-order valence-corrected chi connectivity index (χ3v) is 4.98. The van der Waals surface area contributed by atoms with Crippen LogP contribution in [0.5, 0.6) is 0 Å². The van der Waals surface area contributed by atoms with Gasteiger partial charge in [0.25, 0.3) is 5.56 Å². The minimum Gasteiger partial charge on any atom is -0.361 e. The van der Waals surface area contributed by atoms with E-state index in [4.69, 9.17) is 11.6 Å². The van der Waals surface area contributed by atoms with Crippen LogP contribution in [0.15, 0.2) is 59.5 Å². The fraction of sp³-hybridized carbons (Fsp3) is 0.158. The zero-order valence-corrected chi connectivity index (χ0v) is 14.2. The molecule has 0 aliphatic heterocycles. The van der Waals surface area contributed by atoms with Crippen LogP contribution in [0.2, 0.25) is 5.02 Å². The Morgan fingerprint density at radius 2 is 1.58 bits per heavy atom. The Bertz CT molecular complexity index is 950. The molecule has 0 saturated carbocycles. The maximum absolute atomic E-state index is 12.1. The smallest absolute Gasteiger partial charge is 0.287 e. The summed E-state index contributed by atoms with van der Waals surface area (Å²) in [7, 11) is 3.55. The fourth-order valence-electron chi connectivity index (χ4n) is 3.43. The molecule has 1 heterocycles. The van der Waals surface area contributed by atoms with E-state index < -0.39 is 0 Å². The first-order valence-electron chi connectivity index (χ1n) is 7.72. The minimum atomic E-state index is -0.291. The van der Waals surface area contributed by atoms with Gasteiger partial charge in [0.1, 0.15) is 5.02 Å². The minimum absolute atomic E-state index is 0.00352. The van der Waals surface area contributed by atoms with Crippen LogP contribution in [0.3, 0.4) is 0 Å². The van der Waals surface area contributed by atoms with Crippen molar-refractivity contribution in [3.05, 3.63) is 81.2 Å². The third-order valence-electron chi connectivity index (χ3n) is 4.63. The number of aryl methyl sites for hydroxylation is 1. The van der Waals surface area contributed by atoms with Gasteiger partial charge in [0, 0.05) is 14.1 Å². The second-order valence-corrected chi connectivity index (χ2v) is 6.34. The van der Waals surface area contributed by atoms with Crippen molar-refractivity contribution in [3.8, 4) is 11.1 Å². The lowest BCUT2D eigenvalue weighted by Crippen LogP contribution is -2.28. The molecule has 0 bridgehead atoms. The van der Waals surface area contributed by atoms with Gasteiger partial charge in [-0.25, -0.2) is 4.68 Å². The quantitative estimate of drug-likeness (QED) is 0.716. The van der Waals surface area contributed by atoms with Crippen LogP contribution >= 0.6 is 11.6 Å². The molecule has 0 radical (unpaired) electrons. The Kier molecular flexibility index (Phi) is 3.43. The van der Waals surface area contributed by atoms with Crippen LogP contribution in [0.1, 0.15) is 17.2 Å². The molecule has 24 heavy (non-hydrogen) atoms. The van der Waals surface area contributed by atoms with E-state index in [1.165, 1.54) is 26.9 Å². The molecule has 0 spiro atoms. The van der Waals surface area contributed by atoms with Crippen molar-refractivity contribution in [2.45, 2.75) is 6.04 Å². The van der Waals surface area contributed by atoms with E-state index in [0.717, 1.165) is 0 Å². The van der Waals surface area contributed by atoms with Gasteiger partial charge in [0.2, 0.25) is 0 Å². The van der Waals surface area contributed by atoms with Crippen LogP contribution in [-0.4, -0.2) is 16.8 Å². The van der Waals surface area contributed by atoms with Gasteiger partial charge < -0.3 is 4.90 Å². The topological polar surface area (TPSA) is 38.1 Å². The fourth-order valence-corrected chi connectivity index (χ4v) is 3.74. The lowest BCUT2D eigenvalue weighted by atomic mass is 10.0. The SMILES string of the molecule is CN(c1cnn(C)c(=O)c1Cl)C1c2ccccc2-c2ccccc21. The van der Waals surface area contributed by atoms with Crippen molar-refractivity contribution in [2.24, 2.45) is 7.05 Å². The number of benzene rings is 2. The summed E-state index contributed by atoms with van der Waals surface area (Å²) in [5.41, 5.74) is 5.20. The van der Waals surface area contributed by atoms with Gasteiger partial charge in [-0.05, 0) is 22.3 Å². The molecule has 1 aliphatic carbocycles. The van der Waals surface area contributed by atoms with Gasteiger partial charge in [0.05, 0.1) is 17.9 Å². The van der Waals surface area contributed by atoms with Crippen molar-refractivity contribution < 1.29 is 0 Å². The molecular formula is C19H16ClN3O. The molecule has 120 valence electrons. The van der Waals surface area contributed by atoms with Gasteiger partial charge >= 0.3 is 0 Å². The lowest BCUT2D eigenvalue weighted by Gasteiger charge is -2.29. The summed E-state index contributed by atoms with van der Waals surface area (Å²) in [6.07, 6.45) is 1.65. The van der Waals surface area contributed by atoms with Crippen molar-refractivity contribution in [1.82, 2.24) is 9.78 Å². The summed E-state index contributed by atoms with van der Waals surface area (Å²) in [4.78, 5) is 14.2. The molecule has 4 nitrogen and oxygen atoms in total. The van der Waals surface area contributed by atoms with Crippen molar-refractivity contribution in [3.63, 3.8) is 0 Å². The monoisotopic (exact) mass is 337 g/mol. The summed E-state index contributed by atoms with van der Waals surface area (Å²) >= 11 is 6.31. The van der Waals surface area contributed by atoms with E-state index in [-0.39, 0.29) is 16.6 Å². The van der Waals surface area contributed by atoms with Gasteiger partial charge in [-0.3, -0.25) is 4.79 Å². The lowest BCUT2D eigenvalue weighted by molar-refractivity contribution is 0.698. The van der Waals surface area contributed by atoms with Crippen LogP contribution in [-0.2, 0) is 7.05 Å². The summed E-state index contributed by atoms with van der Waals surface area (Å²) in [6, 6.07) is 16.7. The van der Waals surface area contributed by atoms with Gasteiger partial charge in [0.15, 0.2) is 0 Å². The molecule has 2 aromatic carbocycles. The summed E-state index contributed by atoms with van der Waals surface area (Å²) < 4.78 is 1.25. The Balaban J connectivity index is 1.91. The second kappa shape index (κ2) is 5.49. The van der Waals surface area contributed by atoms with E-state index in [1.54, 1.807) is 13.2 Å². The highest BCUT2D eigenvalue weighted by atomic mass is 35.5. The Morgan fingerprint density at radius 3 is 2.17 bits per heavy atom. The van der Waals surface area contributed by atoms with E-state index in [2.05, 4.69) is 29.4 Å². The average molecular weight is 338 g/mol. The van der Waals surface area contributed by atoms with Crippen LogP contribution in [0.4, 0.5) is 5.69 Å². The van der Waals surface area contributed by atoms with Crippen molar-refractivity contribution >= 4 is 17.3 Å². The summed E-state index contributed by atoms with van der Waals surface area (Å²) in [6.45, 7) is 0. The molecule has 0 amide bonds. The maximum Gasteiger partial charge on any atom is 0.287 e. The van der Waals surface area contributed by atoms with Crippen LogP contribution < -0.4 is 10.5 Å². The molecule has 1 aliphatic rings. The summed E-state index contributed by atoms with van der Waals surface area (Å²) in [5.74, 6) is 0. The predicted molar refractivity (Wildman–Crippen MR) is 96.6 cm³/mol. The zero-order chi connectivity index (χ0) is 16.8. The van der Waals surface area contributed by atoms with E-state index in [9.17, 15) is 4.79 Å². The molecule has 4 rings (SSSR count). The summed E-state index contributed by atoms with van der Waals surface area (Å²) in [5, 5.41) is 4.31. The van der Waals surface area contributed by atoms with E-state index in [0.29, 0.717) is 5.69 Å². The molecule has 0 unspecified atom stereocenters. The largest absolute Gasteiger partial charge is 0.361 e. The standard InChI is InChI=1S/C19H16ClN3O/c1-22(16-11-21-23(2)19(24)17(16)20)18-14-9-5-3-7-12(14)13-8-4-6-10-15(13)18/h3-11,18H,1-2H3. The van der Waals surface area contributed by atoms with Gasteiger partial charge in [-0.2, -0.15) is 5.10 Å². The number of halogens is 1. The molecule has 0 saturated heterocycles. The molecule has 0 N–H and O–H groups in total. The van der Waals surface area contributed by atoms with E-state index in [1.807, 2.05) is 36.2 Å². The number of nitrogens with zero attached hydrogens (tertiary/aromatic N) is 3. The number of anilines is 1. The highest BCUT2D eigenvalue weighted by Gasteiger charge is 2.32. The first kappa shape index (κ1) is 15.0. The average Bonchev–Trinajstić information content (AvgIpc) is 2.94. The highest BCUT2D eigenvalue weighted by Crippen LogP contribution is 2.47. The molecule has 1 aromatic heterocycles. The maximum atomic E-state index is 12.1. The zero-order valence-electron chi connectivity index (χ0n) is 13.4. The molecular weight excluding hydrogens is 322 g/mol. The normalized spacial score (nSPS) is 12.8. The number of hydrogen-bond acceptors (Lipinski definition) is 3. The molecule has 0 atom stereocenters. The van der Waals surface area contributed by atoms with Crippen LogP contribution in [0, 0.1) is 0 Å². The molecule has 5 heteroatoms. The predicted octanol–water partition coefficient (Wildman–Crippen LogP) is 3.64. The van der Waals surface area contributed by atoms with Gasteiger partial charge in [-0.15, -0.1) is 0 Å². The first-order chi connectivity index (χ1) is 11.6. The van der Waals surface area contributed by atoms with Crippen LogP contribution in [0.25, 0.3) is 11.1 Å². The van der Waals surface area contributed by atoms with E-state index >= 15 is 0 Å². The first-order valence-corrected chi connectivity index (χ1v) is 8.10. The number of fused-ring (bicyclic) bond motifs is 3. The number of aromatic nitrogens is 2. The van der Waals surface area contributed by atoms with Gasteiger partial charge in [-0.1, -0.05) is 60.1 Å². The number of hydrogen-bond donors (Lipinski definition) is 0. The third kappa shape index (κ3) is 2.07. The Morgan fingerprint density at radius 1 is 1.04 bits per heavy atom. The highest BCUT2D eigenvalue weighted by molar-refractivity contribution is 6.33. The second-order valence-electron chi connectivity index (χ2n) is 5.96. The van der Waals surface area contributed by atoms with Crippen molar-refractivity contribution in [2.75, 3.05) is 11.9 Å². The number of rotatable bonds is 2.